The summed E-state index contributed by atoms with van der Waals surface area (Å²) in [6.07, 6.45) is 0. The van der Waals surface area contributed by atoms with E-state index in [1.807, 2.05) is 30.7 Å². The molecule has 6 heteroatoms. The van der Waals surface area contributed by atoms with Crippen molar-refractivity contribution in [3.05, 3.63) is 50.4 Å². The van der Waals surface area contributed by atoms with Crippen LogP contribution in [-0.2, 0) is 13.1 Å². The molecule has 2 heterocycles. The van der Waals surface area contributed by atoms with E-state index >= 15 is 0 Å². The van der Waals surface area contributed by atoms with Crippen molar-refractivity contribution in [2.75, 3.05) is 0 Å². The first kappa shape index (κ1) is 14.2. The SMILES string of the molecule is CCn1nc(C)cc1CN1C(=O)c2ccc(I)cc2C1=O. The second-order valence-electron chi connectivity index (χ2n) is 4.98. The van der Waals surface area contributed by atoms with Crippen LogP contribution in [0.5, 0.6) is 0 Å². The van der Waals surface area contributed by atoms with Crippen molar-refractivity contribution in [2.45, 2.75) is 26.9 Å². The first-order chi connectivity index (χ1) is 10.0. The summed E-state index contributed by atoms with van der Waals surface area (Å²) >= 11 is 2.14. The molecule has 3 rings (SSSR count). The highest BCUT2D eigenvalue weighted by Gasteiger charge is 2.36. The third-order valence-electron chi connectivity index (χ3n) is 3.54. The monoisotopic (exact) mass is 395 g/mol. The van der Waals surface area contributed by atoms with Gasteiger partial charge >= 0.3 is 0 Å². The number of aryl methyl sites for hydroxylation is 2. The first-order valence-corrected chi connectivity index (χ1v) is 7.78. The Labute approximate surface area is 136 Å². The molecule has 5 nitrogen and oxygen atoms in total. The molecule has 0 bridgehead atoms. The predicted octanol–water partition coefficient (Wildman–Crippen LogP) is 2.61. The summed E-state index contributed by atoms with van der Waals surface area (Å²) in [7, 11) is 0. The van der Waals surface area contributed by atoms with Gasteiger partial charge in [0.25, 0.3) is 11.8 Å². The van der Waals surface area contributed by atoms with Gasteiger partial charge in [-0.1, -0.05) is 0 Å². The topological polar surface area (TPSA) is 55.2 Å². The molecule has 1 aromatic carbocycles. The molecule has 0 aliphatic carbocycles. The van der Waals surface area contributed by atoms with Crippen molar-refractivity contribution < 1.29 is 9.59 Å². The average Bonchev–Trinajstić information content (AvgIpc) is 2.92. The summed E-state index contributed by atoms with van der Waals surface area (Å²) in [5, 5.41) is 4.35. The van der Waals surface area contributed by atoms with Gasteiger partial charge in [0.1, 0.15) is 0 Å². The fourth-order valence-corrected chi connectivity index (χ4v) is 3.06. The van der Waals surface area contributed by atoms with Gasteiger partial charge in [0.15, 0.2) is 0 Å². The Balaban J connectivity index is 1.95. The number of amides is 2. The lowest BCUT2D eigenvalue weighted by Gasteiger charge is -2.14. The summed E-state index contributed by atoms with van der Waals surface area (Å²) < 4.78 is 2.77. The summed E-state index contributed by atoms with van der Waals surface area (Å²) in [5.74, 6) is -0.456. The molecule has 1 aromatic heterocycles. The lowest BCUT2D eigenvalue weighted by Crippen LogP contribution is -2.30. The maximum atomic E-state index is 12.4. The minimum Gasteiger partial charge on any atom is -0.269 e. The molecule has 1 aliphatic rings. The Morgan fingerprint density at radius 2 is 1.86 bits per heavy atom. The number of benzene rings is 1. The minimum atomic E-state index is -0.229. The average molecular weight is 395 g/mol. The molecule has 0 fully saturated rings. The number of halogens is 1. The number of nitrogens with zero attached hydrogens (tertiary/aromatic N) is 3. The summed E-state index contributed by atoms with van der Waals surface area (Å²) in [6.45, 7) is 4.86. The number of fused-ring (bicyclic) bond motifs is 1. The van der Waals surface area contributed by atoms with E-state index in [1.54, 1.807) is 12.1 Å². The van der Waals surface area contributed by atoms with E-state index in [2.05, 4.69) is 27.7 Å². The minimum absolute atomic E-state index is 0.227. The van der Waals surface area contributed by atoms with Crippen LogP contribution in [0.4, 0.5) is 0 Å². The van der Waals surface area contributed by atoms with E-state index in [0.29, 0.717) is 17.7 Å². The number of rotatable bonds is 3. The van der Waals surface area contributed by atoms with Crippen LogP contribution in [0.2, 0.25) is 0 Å². The standard InChI is InChI=1S/C15H14IN3O2/c1-3-19-11(6-9(2)17-19)8-18-14(20)12-5-4-10(16)7-13(12)15(18)21/h4-7H,3,8H2,1-2H3. The quantitative estimate of drug-likeness (QED) is 0.593. The van der Waals surface area contributed by atoms with Gasteiger partial charge in [0.2, 0.25) is 0 Å². The van der Waals surface area contributed by atoms with Gasteiger partial charge in [-0.3, -0.25) is 19.2 Å². The van der Waals surface area contributed by atoms with E-state index in [-0.39, 0.29) is 18.4 Å². The highest BCUT2D eigenvalue weighted by Crippen LogP contribution is 2.26. The summed E-state index contributed by atoms with van der Waals surface area (Å²) in [6, 6.07) is 7.24. The molecular formula is C15H14IN3O2. The van der Waals surface area contributed by atoms with Crippen molar-refractivity contribution in [2.24, 2.45) is 0 Å². The van der Waals surface area contributed by atoms with E-state index in [4.69, 9.17) is 0 Å². The zero-order valence-electron chi connectivity index (χ0n) is 11.8. The molecule has 2 amide bonds. The number of carbonyl (C=O) groups excluding carboxylic acids is 2. The Kier molecular flexibility index (Phi) is 3.56. The fourth-order valence-electron chi connectivity index (χ4n) is 2.57. The highest BCUT2D eigenvalue weighted by atomic mass is 127. The maximum absolute atomic E-state index is 12.4. The normalized spacial score (nSPS) is 14.0. The molecule has 0 radical (unpaired) electrons. The molecule has 0 unspecified atom stereocenters. The molecule has 21 heavy (non-hydrogen) atoms. The van der Waals surface area contributed by atoms with E-state index < -0.39 is 0 Å². The van der Waals surface area contributed by atoms with Crippen molar-refractivity contribution in [3.63, 3.8) is 0 Å². The smallest absolute Gasteiger partial charge is 0.261 e. The zero-order valence-corrected chi connectivity index (χ0v) is 13.9. The Morgan fingerprint density at radius 3 is 2.57 bits per heavy atom. The van der Waals surface area contributed by atoms with Crippen LogP contribution in [-0.4, -0.2) is 26.5 Å². The van der Waals surface area contributed by atoms with Crippen molar-refractivity contribution in [1.82, 2.24) is 14.7 Å². The van der Waals surface area contributed by atoms with Gasteiger partial charge < -0.3 is 0 Å². The third kappa shape index (κ3) is 2.37. The molecule has 108 valence electrons. The van der Waals surface area contributed by atoms with Gasteiger partial charge in [-0.2, -0.15) is 5.10 Å². The van der Waals surface area contributed by atoms with Crippen molar-refractivity contribution in [1.29, 1.82) is 0 Å². The Hall–Kier alpha value is -1.70. The van der Waals surface area contributed by atoms with E-state index in [0.717, 1.165) is 15.0 Å². The van der Waals surface area contributed by atoms with Crippen molar-refractivity contribution in [3.8, 4) is 0 Å². The number of aromatic nitrogens is 2. The van der Waals surface area contributed by atoms with Gasteiger partial charge in [-0.25, -0.2) is 0 Å². The second-order valence-corrected chi connectivity index (χ2v) is 6.22. The lowest BCUT2D eigenvalue weighted by atomic mass is 10.1. The molecule has 0 saturated heterocycles. The Bertz CT molecular complexity index is 751. The molecule has 0 N–H and O–H groups in total. The van der Waals surface area contributed by atoms with Crippen LogP contribution in [0.1, 0.15) is 39.0 Å². The summed E-state index contributed by atoms with van der Waals surface area (Å²) in [5.41, 5.74) is 2.74. The van der Waals surface area contributed by atoms with Gasteiger partial charge in [-0.05, 0) is 60.7 Å². The highest BCUT2D eigenvalue weighted by molar-refractivity contribution is 14.1. The van der Waals surface area contributed by atoms with Crippen LogP contribution in [0.15, 0.2) is 24.3 Å². The zero-order chi connectivity index (χ0) is 15.1. The number of imide groups is 1. The third-order valence-corrected chi connectivity index (χ3v) is 4.21. The molecule has 0 spiro atoms. The largest absolute Gasteiger partial charge is 0.269 e. The van der Waals surface area contributed by atoms with Crippen LogP contribution in [0, 0.1) is 10.5 Å². The van der Waals surface area contributed by atoms with Crippen LogP contribution >= 0.6 is 22.6 Å². The Morgan fingerprint density at radius 1 is 1.14 bits per heavy atom. The second kappa shape index (κ2) is 5.25. The predicted molar refractivity (Wildman–Crippen MR) is 86.0 cm³/mol. The van der Waals surface area contributed by atoms with Gasteiger partial charge in [-0.15, -0.1) is 0 Å². The van der Waals surface area contributed by atoms with Gasteiger partial charge in [0.05, 0.1) is 29.1 Å². The maximum Gasteiger partial charge on any atom is 0.261 e. The molecular weight excluding hydrogens is 381 g/mol. The summed E-state index contributed by atoms with van der Waals surface area (Å²) in [4.78, 5) is 26.1. The molecule has 2 aromatic rings. The molecule has 0 atom stereocenters. The van der Waals surface area contributed by atoms with Crippen LogP contribution in [0.25, 0.3) is 0 Å². The number of carbonyl (C=O) groups is 2. The van der Waals surface area contributed by atoms with Crippen molar-refractivity contribution >= 4 is 34.4 Å². The lowest BCUT2D eigenvalue weighted by molar-refractivity contribution is 0.0638. The van der Waals surface area contributed by atoms with Gasteiger partial charge in [0, 0.05) is 10.1 Å². The first-order valence-electron chi connectivity index (χ1n) is 6.70. The van der Waals surface area contributed by atoms with Crippen LogP contribution in [0.3, 0.4) is 0 Å². The van der Waals surface area contributed by atoms with E-state index in [1.165, 1.54) is 4.90 Å². The van der Waals surface area contributed by atoms with Crippen LogP contribution < -0.4 is 0 Å². The molecule has 0 saturated carbocycles. The number of hydrogen-bond acceptors (Lipinski definition) is 3. The number of hydrogen-bond donors (Lipinski definition) is 0. The van der Waals surface area contributed by atoms with E-state index in [9.17, 15) is 9.59 Å². The molecule has 1 aliphatic heterocycles. The fraction of sp³-hybridized carbons (Fsp3) is 0.267.